The second-order valence-electron chi connectivity index (χ2n) is 6.00. The molecule has 1 aromatic rings. The number of hydrogen-bond acceptors (Lipinski definition) is 2. The van der Waals surface area contributed by atoms with E-state index in [0.717, 1.165) is 18.4 Å². The van der Waals surface area contributed by atoms with Crippen LogP contribution in [0, 0.1) is 12.8 Å². The monoisotopic (exact) mass is 306 g/mol. The van der Waals surface area contributed by atoms with Crippen molar-refractivity contribution in [1.82, 2.24) is 10.2 Å². The normalized spacial score (nSPS) is 25.2. The number of aryl methyl sites for hydroxylation is 1. The van der Waals surface area contributed by atoms with Gasteiger partial charge in [0.25, 0.3) is 5.91 Å². The summed E-state index contributed by atoms with van der Waals surface area (Å²) in [6, 6.07) is 5.76. The number of amides is 2. The zero-order valence-electron chi connectivity index (χ0n) is 12.1. The highest BCUT2D eigenvalue weighted by Gasteiger charge is 2.35. The molecule has 2 amide bonds. The summed E-state index contributed by atoms with van der Waals surface area (Å²) in [4.78, 5) is 25.9. The summed E-state index contributed by atoms with van der Waals surface area (Å²) in [6.07, 6.45) is 2.25. The molecule has 0 bridgehead atoms. The molecule has 2 heterocycles. The Morgan fingerprint density at radius 3 is 2.95 bits per heavy atom. The summed E-state index contributed by atoms with van der Waals surface area (Å²) in [5.74, 6) is 0.498. The van der Waals surface area contributed by atoms with Gasteiger partial charge in [-0.05, 0) is 43.4 Å². The fourth-order valence-corrected chi connectivity index (χ4v) is 3.57. The Bertz CT molecular complexity index is 588. The van der Waals surface area contributed by atoms with E-state index in [1.807, 2.05) is 24.0 Å². The second kappa shape index (κ2) is 5.68. The van der Waals surface area contributed by atoms with E-state index < -0.39 is 0 Å². The van der Waals surface area contributed by atoms with Gasteiger partial charge in [-0.2, -0.15) is 0 Å². The Labute approximate surface area is 129 Å². The molecule has 3 rings (SSSR count). The first kappa shape index (κ1) is 14.4. The third-order valence-electron chi connectivity index (χ3n) is 4.46. The first-order chi connectivity index (χ1) is 10.0. The minimum atomic E-state index is -0.00431. The predicted octanol–water partition coefficient (Wildman–Crippen LogP) is 2.39. The van der Waals surface area contributed by atoms with E-state index in [9.17, 15) is 9.59 Å². The number of benzene rings is 1. The van der Waals surface area contributed by atoms with Crippen molar-refractivity contribution in [3.63, 3.8) is 0 Å². The highest BCUT2D eigenvalue weighted by Crippen LogP contribution is 2.27. The zero-order valence-corrected chi connectivity index (χ0v) is 12.8. The molecule has 0 aromatic heterocycles. The molecule has 112 valence electrons. The van der Waals surface area contributed by atoms with E-state index in [1.165, 1.54) is 0 Å². The molecule has 1 aromatic carbocycles. The highest BCUT2D eigenvalue weighted by molar-refractivity contribution is 6.33. The van der Waals surface area contributed by atoms with Crippen molar-refractivity contribution in [2.75, 3.05) is 13.1 Å². The van der Waals surface area contributed by atoms with Crippen LogP contribution >= 0.6 is 11.6 Å². The molecule has 2 aliphatic rings. The molecule has 2 fully saturated rings. The Morgan fingerprint density at radius 1 is 1.38 bits per heavy atom. The summed E-state index contributed by atoms with van der Waals surface area (Å²) in [5.41, 5.74) is 1.62. The van der Waals surface area contributed by atoms with Crippen LogP contribution < -0.4 is 5.32 Å². The molecule has 4 nitrogen and oxygen atoms in total. The average molecular weight is 307 g/mol. The number of fused-ring (bicyclic) bond motifs is 1. The number of nitrogens with zero attached hydrogens (tertiary/aromatic N) is 1. The molecular weight excluding hydrogens is 288 g/mol. The lowest BCUT2D eigenvalue weighted by Crippen LogP contribution is -2.55. The van der Waals surface area contributed by atoms with Gasteiger partial charge in [-0.15, -0.1) is 0 Å². The summed E-state index contributed by atoms with van der Waals surface area (Å²) in [7, 11) is 0. The topological polar surface area (TPSA) is 49.4 Å². The van der Waals surface area contributed by atoms with E-state index in [1.54, 1.807) is 6.07 Å². The van der Waals surface area contributed by atoms with Gasteiger partial charge in [-0.1, -0.05) is 17.7 Å². The molecule has 2 atom stereocenters. The van der Waals surface area contributed by atoms with Gasteiger partial charge in [-0.3, -0.25) is 9.59 Å². The van der Waals surface area contributed by atoms with Crippen molar-refractivity contribution >= 4 is 23.4 Å². The number of piperidine rings is 2. The van der Waals surface area contributed by atoms with Crippen LogP contribution in [0.3, 0.4) is 0 Å². The molecule has 0 saturated carbocycles. The van der Waals surface area contributed by atoms with Gasteiger partial charge in [0.1, 0.15) is 0 Å². The fourth-order valence-electron chi connectivity index (χ4n) is 3.26. The van der Waals surface area contributed by atoms with Gasteiger partial charge in [0.05, 0.1) is 10.6 Å². The Kier molecular flexibility index (Phi) is 3.89. The molecule has 0 spiro atoms. The molecule has 21 heavy (non-hydrogen) atoms. The summed E-state index contributed by atoms with van der Waals surface area (Å²) >= 11 is 6.20. The lowest BCUT2D eigenvalue weighted by molar-refractivity contribution is -0.125. The van der Waals surface area contributed by atoms with Crippen LogP contribution in [0.1, 0.15) is 35.2 Å². The lowest BCUT2D eigenvalue weighted by atomic mass is 9.85. The third-order valence-corrected chi connectivity index (χ3v) is 4.78. The molecular formula is C16H19ClN2O2. The van der Waals surface area contributed by atoms with Crippen LogP contribution in [0.4, 0.5) is 0 Å². The van der Waals surface area contributed by atoms with Crippen LogP contribution in [-0.2, 0) is 4.79 Å². The van der Waals surface area contributed by atoms with E-state index in [-0.39, 0.29) is 17.9 Å². The van der Waals surface area contributed by atoms with Crippen LogP contribution in [0.25, 0.3) is 0 Å². The number of carbonyl (C=O) groups excluding carboxylic acids is 2. The van der Waals surface area contributed by atoms with Gasteiger partial charge in [-0.25, -0.2) is 0 Å². The van der Waals surface area contributed by atoms with Crippen molar-refractivity contribution in [3.8, 4) is 0 Å². The number of likely N-dealkylation sites (tertiary alicyclic amines) is 1. The van der Waals surface area contributed by atoms with Crippen molar-refractivity contribution in [2.45, 2.75) is 32.2 Å². The Hall–Kier alpha value is -1.55. The van der Waals surface area contributed by atoms with Gasteiger partial charge < -0.3 is 10.2 Å². The van der Waals surface area contributed by atoms with Crippen LogP contribution in [0.15, 0.2) is 18.2 Å². The van der Waals surface area contributed by atoms with Gasteiger partial charge in [0.2, 0.25) is 5.91 Å². The number of halogens is 1. The number of hydrogen-bond donors (Lipinski definition) is 1. The lowest BCUT2D eigenvalue weighted by Gasteiger charge is -2.41. The predicted molar refractivity (Wildman–Crippen MR) is 81.4 cm³/mol. The molecule has 0 radical (unpaired) electrons. The molecule has 2 saturated heterocycles. The van der Waals surface area contributed by atoms with Crippen molar-refractivity contribution in [3.05, 3.63) is 34.3 Å². The highest BCUT2D eigenvalue weighted by atomic mass is 35.5. The van der Waals surface area contributed by atoms with Crippen molar-refractivity contribution in [2.24, 2.45) is 5.92 Å². The number of carbonyl (C=O) groups is 2. The zero-order chi connectivity index (χ0) is 15.0. The van der Waals surface area contributed by atoms with E-state index in [2.05, 4.69) is 5.32 Å². The van der Waals surface area contributed by atoms with Crippen molar-refractivity contribution < 1.29 is 9.59 Å². The van der Waals surface area contributed by atoms with E-state index >= 15 is 0 Å². The second-order valence-corrected chi connectivity index (χ2v) is 6.40. The maximum absolute atomic E-state index is 12.6. The minimum absolute atomic E-state index is 0.00431. The molecule has 2 aliphatic heterocycles. The minimum Gasteiger partial charge on any atom is -0.353 e. The van der Waals surface area contributed by atoms with Crippen molar-refractivity contribution in [1.29, 1.82) is 0 Å². The smallest absolute Gasteiger partial charge is 0.255 e. The maximum Gasteiger partial charge on any atom is 0.255 e. The standard InChI is InChI=1S/C16H19ClN2O2/c1-10-2-4-12(13(17)8-10)16(21)19-7-6-14-11(9-19)3-5-15(20)18-14/h2,4,8,11,14H,3,5-7,9H2,1H3,(H,18,20). The van der Waals surface area contributed by atoms with Crippen LogP contribution in [0.5, 0.6) is 0 Å². The van der Waals surface area contributed by atoms with E-state index in [0.29, 0.717) is 36.0 Å². The van der Waals surface area contributed by atoms with Crippen LogP contribution in [-0.4, -0.2) is 35.8 Å². The molecule has 5 heteroatoms. The largest absolute Gasteiger partial charge is 0.353 e. The fraction of sp³-hybridized carbons (Fsp3) is 0.500. The summed E-state index contributed by atoms with van der Waals surface area (Å²) in [6.45, 7) is 3.33. The molecule has 2 unspecified atom stereocenters. The number of nitrogens with one attached hydrogen (secondary N) is 1. The summed E-state index contributed by atoms with van der Waals surface area (Å²) < 4.78 is 0. The molecule has 0 aliphatic carbocycles. The Balaban J connectivity index is 1.73. The number of rotatable bonds is 1. The summed E-state index contributed by atoms with van der Waals surface area (Å²) in [5, 5.41) is 3.55. The first-order valence-corrected chi connectivity index (χ1v) is 7.77. The van der Waals surface area contributed by atoms with Gasteiger partial charge >= 0.3 is 0 Å². The van der Waals surface area contributed by atoms with Gasteiger partial charge in [0.15, 0.2) is 0 Å². The molecule has 1 N–H and O–H groups in total. The first-order valence-electron chi connectivity index (χ1n) is 7.39. The third kappa shape index (κ3) is 2.91. The Morgan fingerprint density at radius 2 is 2.19 bits per heavy atom. The van der Waals surface area contributed by atoms with Crippen LogP contribution in [0.2, 0.25) is 5.02 Å². The average Bonchev–Trinajstić information content (AvgIpc) is 2.46. The van der Waals surface area contributed by atoms with E-state index in [4.69, 9.17) is 11.6 Å². The SMILES string of the molecule is Cc1ccc(C(=O)N2CCC3NC(=O)CCC3C2)c(Cl)c1. The quantitative estimate of drug-likeness (QED) is 0.866. The van der Waals surface area contributed by atoms with Gasteiger partial charge in [0, 0.05) is 25.6 Å². The maximum atomic E-state index is 12.6.